The molecule has 3 nitrogen and oxygen atoms in total. The van der Waals surface area contributed by atoms with Gasteiger partial charge in [-0.2, -0.15) is 0 Å². The van der Waals surface area contributed by atoms with Crippen LogP contribution in [-0.4, -0.2) is 37.7 Å². The van der Waals surface area contributed by atoms with Crippen molar-refractivity contribution in [1.29, 1.82) is 0 Å². The van der Waals surface area contributed by atoms with E-state index in [0.717, 1.165) is 18.8 Å². The molecule has 1 aliphatic carbocycles. The van der Waals surface area contributed by atoms with Gasteiger partial charge in [-0.1, -0.05) is 6.07 Å². The molecule has 0 saturated carbocycles. The Morgan fingerprint density at radius 2 is 2.29 bits per heavy atom. The van der Waals surface area contributed by atoms with Crippen molar-refractivity contribution in [3.05, 3.63) is 23.4 Å². The molecule has 0 aliphatic heterocycles. The zero-order valence-corrected chi connectivity index (χ0v) is 11.2. The minimum atomic E-state index is 0.0000505. The number of pyridine rings is 1. The Morgan fingerprint density at radius 3 is 3.06 bits per heavy atom. The molecular weight excluding hydrogens is 236 g/mol. The number of ether oxygens (including phenoxy) is 1. The van der Waals surface area contributed by atoms with Crippen molar-refractivity contribution in [2.45, 2.75) is 24.6 Å². The van der Waals surface area contributed by atoms with Gasteiger partial charge in [0.25, 0.3) is 0 Å². The first-order valence-corrected chi connectivity index (χ1v) is 6.47. The fourth-order valence-corrected chi connectivity index (χ4v) is 2.58. The zero-order valence-electron chi connectivity index (χ0n) is 10.4. The highest BCUT2D eigenvalue weighted by atomic mass is 35.5. The third-order valence-electron chi connectivity index (χ3n) is 3.12. The van der Waals surface area contributed by atoms with Crippen molar-refractivity contribution in [2.24, 2.45) is 0 Å². The molecule has 0 amide bonds. The second kappa shape index (κ2) is 5.69. The van der Waals surface area contributed by atoms with Gasteiger partial charge in [-0.25, -0.2) is 4.98 Å². The molecule has 1 heterocycles. The van der Waals surface area contributed by atoms with Crippen LogP contribution in [0.15, 0.2) is 12.1 Å². The van der Waals surface area contributed by atoms with Gasteiger partial charge in [0.2, 0.25) is 0 Å². The molecule has 0 spiro atoms. The van der Waals surface area contributed by atoms with Crippen LogP contribution in [0.2, 0.25) is 0 Å². The molecule has 1 aromatic heterocycles. The van der Waals surface area contributed by atoms with Gasteiger partial charge in [0.05, 0.1) is 12.0 Å². The van der Waals surface area contributed by atoms with Gasteiger partial charge >= 0.3 is 0 Å². The van der Waals surface area contributed by atoms with Crippen LogP contribution in [0.1, 0.15) is 17.7 Å². The van der Waals surface area contributed by atoms with Crippen LogP contribution in [-0.2, 0) is 17.6 Å². The summed E-state index contributed by atoms with van der Waals surface area (Å²) in [5, 5.41) is 0.0000505. The summed E-state index contributed by atoms with van der Waals surface area (Å²) in [6, 6.07) is 4.28. The largest absolute Gasteiger partial charge is 0.383 e. The highest BCUT2D eigenvalue weighted by Crippen LogP contribution is 2.23. The standard InChI is InChI=1S/C13H19ClN2O/c1-16(8-11(14)9-17-2)13-7-6-10-4-3-5-12(10)15-13/h6-7,11H,3-5,8-9H2,1-2H3. The predicted molar refractivity (Wildman–Crippen MR) is 71.0 cm³/mol. The van der Waals surface area contributed by atoms with Gasteiger partial charge in [-0.15, -0.1) is 11.6 Å². The summed E-state index contributed by atoms with van der Waals surface area (Å²) in [4.78, 5) is 6.79. The Balaban J connectivity index is 2.01. The number of methoxy groups -OCH3 is 1. The lowest BCUT2D eigenvalue weighted by Gasteiger charge is -2.21. The lowest BCUT2D eigenvalue weighted by molar-refractivity contribution is 0.199. The second-order valence-corrected chi connectivity index (χ2v) is 5.18. The maximum atomic E-state index is 6.15. The first-order valence-electron chi connectivity index (χ1n) is 6.03. The van der Waals surface area contributed by atoms with Crippen LogP contribution < -0.4 is 4.90 Å². The number of hydrogen-bond acceptors (Lipinski definition) is 3. The fraction of sp³-hybridized carbons (Fsp3) is 0.615. The summed E-state index contributed by atoms with van der Waals surface area (Å²) in [5.74, 6) is 1.01. The monoisotopic (exact) mass is 254 g/mol. The van der Waals surface area contributed by atoms with E-state index < -0.39 is 0 Å². The second-order valence-electron chi connectivity index (χ2n) is 4.56. The Morgan fingerprint density at radius 1 is 1.47 bits per heavy atom. The molecule has 0 N–H and O–H groups in total. The number of fused-ring (bicyclic) bond motifs is 1. The Bertz CT molecular complexity index is 384. The van der Waals surface area contributed by atoms with E-state index in [2.05, 4.69) is 17.0 Å². The van der Waals surface area contributed by atoms with Crippen LogP contribution in [0.4, 0.5) is 5.82 Å². The molecule has 1 atom stereocenters. The summed E-state index contributed by atoms with van der Waals surface area (Å²) < 4.78 is 5.04. The third kappa shape index (κ3) is 3.11. The van der Waals surface area contributed by atoms with Gasteiger partial charge in [0, 0.05) is 26.4 Å². The van der Waals surface area contributed by atoms with Gasteiger partial charge in [0.15, 0.2) is 0 Å². The number of anilines is 1. The first-order chi connectivity index (χ1) is 8.20. The lowest BCUT2D eigenvalue weighted by Crippen LogP contribution is -2.29. The van der Waals surface area contributed by atoms with Crippen molar-refractivity contribution in [1.82, 2.24) is 4.98 Å². The van der Waals surface area contributed by atoms with Gasteiger partial charge in [0.1, 0.15) is 5.82 Å². The average molecular weight is 255 g/mol. The Labute approximate surface area is 108 Å². The first kappa shape index (κ1) is 12.7. The van der Waals surface area contributed by atoms with Crippen LogP contribution in [0.25, 0.3) is 0 Å². The average Bonchev–Trinajstić information content (AvgIpc) is 2.75. The normalized spacial score (nSPS) is 15.7. The maximum Gasteiger partial charge on any atom is 0.128 e. The lowest BCUT2D eigenvalue weighted by atomic mass is 10.2. The maximum absolute atomic E-state index is 6.15. The predicted octanol–water partition coefficient (Wildman–Crippen LogP) is 2.26. The van der Waals surface area contributed by atoms with Gasteiger partial charge in [-0.05, 0) is 30.9 Å². The number of alkyl halides is 1. The summed E-state index contributed by atoms with van der Waals surface area (Å²) in [6.45, 7) is 1.32. The molecule has 0 saturated heterocycles. The third-order valence-corrected chi connectivity index (χ3v) is 3.39. The smallest absolute Gasteiger partial charge is 0.128 e. The summed E-state index contributed by atoms with van der Waals surface area (Å²) >= 11 is 6.15. The van der Waals surface area contributed by atoms with Gasteiger partial charge in [-0.3, -0.25) is 0 Å². The zero-order chi connectivity index (χ0) is 12.3. The molecule has 1 aromatic rings. The molecular formula is C13H19ClN2O. The van der Waals surface area contributed by atoms with E-state index in [0.29, 0.717) is 6.61 Å². The van der Waals surface area contributed by atoms with Crippen LogP contribution in [0.5, 0.6) is 0 Å². The SMILES string of the molecule is COCC(Cl)CN(C)c1ccc2c(n1)CCC2. The Hall–Kier alpha value is -0.800. The van der Waals surface area contributed by atoms with Crippen molar-refractivity contribution < 1.29 is 4.74 Å². The number of hydrogen-bond donors (Lipinski definition) is 0. The molecule has 0 fully saturated rings. The highest BCUT2D eigenvalue weighted by Gasteiger charge is 2.15. The topological polar surface area (TPSA) is 25.4 Å². The molecule has 0 aromatic carbocycles. The number of rotatable bonds is 5. The van der Waals surface area contributed by atoms with Crippen molar-refractivity contribution in [3.63, 3.8) is 0 Å². The van der Waals surface area contributed by atoms with Crippen LogP contribution >= 0.6 is 11.6 Å². The van der Waals surface area contributed by atoms with Crippen molar-refractivity contribution >= 4 is 17.4 Å². The number of aromatic nitrogens is 1. The molecule has 1 unspecified atom stereocenters. The fourth-order valence-electron chi connectivity index (χ4n) is 2.25. The number of aryl methyl sites for hydroxylation is 2. The van der Waals surface area contributed by atoms with E-state index in [9.17, 15) is 0 Å². The molecule has 4 heteroatoms. The minimum Gasteiger partial charge on any atom is -0.383 e. The Kier molecular flexibility index (Phi) is 4.24. The molecule has 2 rings (SSSR count). The molecule has 1 aliphatic rings. The van der Waals surface area contributed by atoms with E-state index in [1.165, 1.54) is 24.1 Å². The quantitative estimate of drug-likeness (QED) is 0.754. The summed E-state index contributed by atoms with van der Waals surface area (Å²) in [7, 11) is 3.69. The molecule has 17 heavy (non-hydrogen) atoms. The van der Waals surface area contributed by atoms with E-state index in [4.69, 9.17) is 21.3 Å². The number of nitrogens with zero attached hydrogens (tertiary/aromatic N) is 2. The molecule has 0 bridgehead atoms. The van der Waals surface area contributed by atoms with Crippen LogP contribution in [0.3, 0.4) is 0 Å². The number of halogens is 1. The minimum absolute atomic E-state index is 0.0000505. The van der Waals surface area contributed by atoms with Crippen molar-refractivity contribution in [2.75, 3.05) is 32.2 Å². The van der Waals surface area contributed by atoms with Gasteiger partial charge < -0.3 is 9.64 Å². The van der Waals surface area contributed by atoms with E-state index in [1.807, 2.05) is 7.05 Å². The van der Waals surface area contributed by atoms with Crippen molar-refractivity contribution in [3.8, 4) is 0 Å². The summed E-state index contributed by atoms with van der Waals surface area (Å²) in [5.41, 5.74) is 2.66. The highest BCUT2D eigenvalue weighted by molar-refractivity contribution is 6.21. The van der Waals surface area contributed by atoms with Crippen LogP contribution in [0, 0.1) is 0 Å². The molecule has 0 radical (unpaired) electrons. The van der Waals surface area contributed by atoms with E-state index in [1.54, 1.807) is 7.11 Å². The molecule has 94 valence electrons. The summed E-state index contributed by atoms with van der Waals surface area (Å²) in [6.07, 6.45) is 3.52. The van der Waals surface area contributed by atoms with E-state index >= 15 is 0 Å². The van der Waals surface area contributed by atoms with E-state index in [-0.39, 0.29) is 5.38 Å².